The van der Waals surface area contributed by atoms with Gasteiger partial charge in [-0.1, -0.05) is 13.8 Å². The highest BCUT2D eigenvalue weighted by Gasteiger charge is 2.16. The zero-order chi connectivity index (χ0) is 21.3. The minimum atomic E-state index is -0.987. The van der Waals surface area contributed by atoms with E-state index in [0.29, 0.717) is 40.1 Å². The summed E-state index contributed by atoms with van der Waals surface area (Å²) in [5.74, 6) is -0.0868. The van der Waals surface area contributed by atoms with Gasteiger partial charge in [0.25, 0.3) is 0 Å². The SMILES string of the molecule is CN(C)CCO.Cc1nc(-c2ccc(OCC(C)C)c(C#N)c2)sc1C(=O)O. The fourth-order valence-electron chi connectivity index (χ4n) is 2.05. The van der Waals surface area contributed by atoms with Crippen molar-refractivity contribution in [2.75, 3.05) is 33.9 Å². The first-order chi connectivity index (χ1) is 13.2. The van der Waals surface area contributed by atoms with Crippen LogP contribution < -0.4 is 4.74 Å². The predicted molar refractivity (Wildman–Crippen MR) is 110 cm³/mol. The summed E-state index contributed by atoms with van der Waals surface area (Å²) in [4.78, 5) is 17.5. The van der Waals surface area contributed by atoms with Gasteiger partial charge < -0.3 is 19.8 Å². The van der Waals surface area contributed by atoms with Crippen LogP contribution in [0, 0.1) is 24.2 Å². The molecule has 0 spiro atoms. The molecule has 0 aliphatic carbocycles. The van der Waals surface area contributed by atoms with Crippen LogP contribution in [0.3, 0.4) is 0 Å². The number of benzene rings is 1. The number of nitrogens with zero attached hydrogens (tertiary/aromatic N) is 3. The number of aliphatic hydroxyl groups is 1. The Bertz CT molecular complexity index is 825. The van der Waals surface area contributed by atoms with Crippen molar-refractivity contribution in [3.8, 4) is 22.4 Å². The maximum Gasteiger partial charge on any atom is 0.347 e. The number of thiazole rings is 1. The van der Waals surface area contributed by atoms with Crippen LogP contribution in [0.1, 0.15) is 34.8 Å². The van der Waals surface area contributed by atoms with Crippen LogP contribution in [0.4, 0.5) is 0 Å². The van der Waals surface area contributed by atoms with Gasteiger partial charge in [0, 0.05) is 12.1 Å². The lowest BCUT2D eigenvalue weighted by atomic mass is 10.1. The Morgan fingerprint density at radius 1 is 1.39 bits per heavy atom. The molecule has 0 amide bonds. The van der Waals surface area contributed by atoms with E-state index in [1.807, 2.05) is 32.8 Å². The second kappa shape index (κ2) is 11.4. The molecular formula is C20H27N3O4S. The summed E-state index contributed by atoms with van der Waals surface area (Å²) in [5.41, 5.74) is 1.61. The smallest absolute Gasteiger partial charge is 0.347 e. The van der Waals surface area contributed by atoms with Gasteiger partial charge >= 0.3 is 5.97 Å². The lowest BCUT2D eigenvalue weighted by Gasteiger charge is -2.10. The van der Waals surface area contributed by atoms with Gasteiger partial charge in [-0.25, -0.2) is 9.78 Å². The maximum absolute atomic E-state index is 11.1. The molecule has 0 radical (unpaired) electrons. The Morgan fingerprint density at radius 3 is 2.50 bits per heavy atom. The number of aryl methyl sites for hydroxylation is 1. The number of aliphatic hydroxyl groups excluding tert-OH is 1. The highest BCUT2D eigenvalue weighted by molar-refractivity contribution is 7.17. The molecule has 8 heteroatoms. The topological polar surface area (TPSA) is 107 Å². The van der Waals surface area contributed by atoms with Crippen LogP contribution in [0.5, 0.6) is 5.75 Å². The van der Waals surface area contributed by atoms with E-state index >= 15 is 0 Å². The van der Waals surface area contributed by atoms with E-state index in [1.54, 1.807) is 25.1 Å². The average molecular weight is 406 g/mol. The van der Waals surface area contributed by atoms with E-state index in [4.69, 9.17) is 14.9 Å². The molecule has 0 bridgehead atoms. The van der Waals surface area contributed by atoms with Gasteiger partial charge in [0.2, 0.25) is 0 Å². The molecule has 0 saturated heterocycles. The Morgan fingerprint density at radius 2 is 2.07 bits per heavy atom. The molecule has 0 fully saturated rings. The second-order valence-electron chi connectivity index (χ2n) is 6.79. The minimum Gasteiger partial charge on any atom is -0.492 e. The van der Waals surface area contributed by atoms with Gasteiger partial charge in [0.1, 0.15) is 21.7 Å². The summed E-state index contributed by atoms with van der Waals surface area (Å²) >= 11 is 1.10. The summed E-state index contributed by atoms with van der Waals surface area (Å²) in [6.45, 7) is 7.29. The molecule has 2 aromatic rings. The Balaban J connectivity index is 0.000000568. The first-order valence-corrected chi connectivity index (χ1v) is 9.64. The molecule has 1 aromatic carbocycles. The third-order valence-corrected chi connectivity index (χ3v) is 4.65. The number of likely N-dealkylation sites (N-methyl/N-ethyl adjacent to an activating group) is 1. The van der Waals surface area contributed by atoms with Crippen LogP contribution in [-0.2, 0) is 0 Å². The maximum atomic E-state index is 11.1. The fraction of sp³-hybridized carbons (Fsp3) is 0.450. The predicted octanol–water partition coefficient (Wildman–Crippen LogP) is 3.26. The molecule has 0 atom stereocenters. The summed E-state index contributed by atoms with van der Waals surface area (Å²) < 4.78 is 5.61. The number of carbonyl (C=O) groups is 1. The number of aromatic nitrogens is 1. The molecule has 28 heavy (non-hydrogen) atoms. The van der Waals surface area contributed by atoms with E-state index in [2.05, 4.69) is 11.1 Å². The highest BCUT2D eigenvalue weighted by atomic mass is 32.1. The zero-order valence-electron chi connectivity index (χ0n) is 16.9. The van der Waals surface area contributed by atoms with E-state index in [-0.39, 0.29) is 11.5 Å². The van der Waals surface area contributed by atoms with Crippen LogP contribution in [0.25, 0.3) is 10.6 Å². The normalized spacial score (nSPS) is 10.4. The van der Waals surface area contributed by atoms with Crippen molar-refractivity contribution in [2.45, 2.75) is 20.8 Å². The fourth-order valence-corrected chi connectivity index (χ4v) is 2.95. The Labute approximate surface area is 169 Å². The van der Waals surface area contributed by atoms with Crippen LogP contribution in [-0.4, -0.2) is 59.9 Å². The molecule has 2 rings (SSSR count). The summed E-state index contributed by atoms with van der Waals surface area (Å²) in [7, 11) is 3.85. The number of hydrogen-bond donors (Lipinski definition) is 2. The Kier molecular flexibility index (Phi) is 9.59. The number of nitriles is 1. The van der Waals surface area contributed by atoms with Crippen molar-refractivity contribution in [2.24, 2.45) is 5.92 Å². The molecule has 1 aromatic heterocycles. The van der Waals surface area contributed by atoms with Crippen molar-refractivity contribution >= 4 is 17.3 Å². The summed E-state index contributed by atoms with van der Waals surface area (Å²) in [6.07, 6.45) is 0. The van der Waals surface area contributed by atoms with Gasteiger partial charge in [0.15, 0.2) is 0 Å². The second-order valence-corrected chi connectivity index (χ2v) is 7.79. The van der Waals surface area contributed by atoms with Crippen molar-refractivity contribution in [3.63, 3.8) is 0 Å². The first kappa shape index (κ1) is 23.6. The summed E-state index contributed by atoms with van der Waals surface area (Å²) in [5, 5.41) is 27.1. The molecule has 0 unspecified atom stereocenters. The lowest BCUT2D eigenvalue weighted by molar-refractivity contribution is 0.0701. The quantitative estimate of drug-likeness (QED) is 0.728. The number of rotatable bonds is 7. The van der Waals surface area contributed by atoms with Gasteiger partial charge in [0.05, 0.1) is 24.5 Å². The number of ether oxygens (including phenoxy) is 1. The van der Waals surface area contributed by atoms with Crippen LogP contribution >= 0.6 is 11.3 Å². The van der Waals surface area contributed by atoms with Crippen LogP contribution in [0.2, 0.25) is 0 Å². The number of carboxylic acid groups (broad SMARTS) is 1. The standard InChI is InChI=1S/C16H16N2O3S.C4H11NO/c1-9(2)8-21-13-5-4-11(6-12(13)7-17)15-18-10(3)14(22-15)16(19)20;1-5(2)3-4-6/h4-6,9H,8H2,1-3H3,(H,19,20);6H,3-4H2,1-2H3. The number of hydrogen-bond acceptors (Lipinski definition) is 7. The summed E-state index contributed by atoms with van der Waals surface area (Å²) in [6, 6.07) is 7.31. The molecule has 1 heterocycles. The third-order valence-electron chi connectivity index (χ3n) is 3.46. The largest absolute Gasteiger partial charge is 0.492 e. The molecule has 2 N–H and O–H groups in total. The van der Waals surface area contributed by atoms with Crippen molar-refractivity contribution in [1.29, 1.82) is 5.26 Å². The van der Waals surface area contributed by atoms with Crippen molar-refractivity contribution in [1.82, 2.24) is 9.88 Å². The molecule has 152 valence electrons. The van der Waals surface area contributed by atoms with Gasteiger partial charge in [-0.3, -0.25) is 0 Å². The van der Waals surface area contributed by atoms with Crippen molar-refractivity contribution < 1.29 is 19.7 Å². The third kappa shape index (κ3) is 7.27. The molecule has 7 nitrogen and oxygen atoms in total. The van der Waals surface area contributed by atoms with Crippen molar-refractivity contribution in [3.05, 3.63) is 34.3 Å². The number of carboxylic acids is 1. The van der Waals surface area contributed by atoms with E-state index in [1.165, 1.54) is 0 Å². The molecule has 0 aliphatic rings. The lowest BCUT2D eigenvalue weighted by Crippen LogP contribution is -2.15. The van der Waals surface area contributed by atoms with Gasteiger partial charge in [-0.15, -0.1) is 11.3 Å². The molecular weight excluding hydrogens is 378 g/mol. The van der Waals surface area contributed by atoms with Crippen LogP contribution in [0.15, 0.2) is 18.2 Å². The first-order valence-electron chi connectivity index (χ1n) is 8.83. The minimum absolute atomic E-state index is 0.216. The Hall–Kier alpha value is -2.47. The monoisotopic (exact) mass is 405 g/mol. The molecule has 0 saturated carbocycles. The number of aromatic carboxylic acids is 1. The van der Waals surface area contributed by atoms with Gasteiger partial charge in [-0.05, 0) is 45.1 Å². The van der Waals surface area contributed by atoms with E-state index in [9.17, 15) is 10.1 Å². The average Bonchev–Trinajstić information content (AvgIpc) is 3.02. The molecule has 0 aliphatic heterocycles. The highest BCUT2D eigenvalue weighted by Crippen LogP contribution is 2.31. The van der Waals surface area contributed by atoms with Gasteiger partial charge in [-0.2, -0.15) is 5.26 Å². The van der Waals surface area contributed by atoms with E-state index in [0.717, 1.165) is 17.9 Å². The zero-order valence-corrected chi connectivity index (χ0v) is 17.7. The van der Waals surface area contributed by atoms with E-state index < -0.39 is 5.97 Å².